The summed E-state index contributed by atoms with van der Waals surface area (Å²) in [7, 11) is 0. The number of carbonyl (C=O) groups excluding carboxylic acids is 1. The van der Waals surface area contributed by atoms with Crippen molar-refractivity contribution in [2.24, 2.45) is 0 Å². The fraction of sp³-hybridized carbons (Fsp3) is 0.842. The van der Waals surface area contributed by atoms with Gasteiger partial charge in [0.25, 0.3) is 0 Å². The number of hydrogen-bond acceptors (Lipinski definition) is 4. The molecule has 0 rings (SSSR count). The Labute approximate surface area is 161 Å². The number of rotatable bonds is 18. The second kappa shape index (κ2) is 17.2. The van der Waals surface area contributed by atoms with E-state index in [1.807, 2.05) is 0 Å². The molecule has 0 aliphatic rings. The fourth-order valence-electron chi connectivity index (χ4n) is 2.66. The van der Waals surface area contributed by atoms with E-state index in [0.717, 1.165) is 31.0 Å². The summed E-state index contributed by atoms with van der Waals surface area (Å²) >= 11 is 0.990. The SMILES string of the molecule is CCCCCCCCCCCCCC(=O)NC(CSCC(=O)O)C(=O)O. The largest absolute Gasteiger partial charge is 0.481 e. The molecule has 0 aromatic carbocycles. The van der Waals surface area contributed by atoms with Crippen molar-refractivity contribution in [3.63, 3.8) is 0 Å². The number of carboxylic acid groups (broad SMARTS) is 2. The number of thioether (sulfide) groups is 1. The topological polar surface area (TPSA) is 104 Å². The highest BCUT2D eigenvalue weighted by molar-refractivity contribution is 8.00. The standard InChI is InChI=1S/C19H35NO5S/c1-2-3-4-5-6-7-8-9-10-11-12-13-17(21)20-16(19(24)25)14-26-15-18(22)23/h16H,2-15H2,1H3,(H,20,21)(H,22,23)(H,24,25). The van der Waals surface area contributed by atoms with E-state index in [1.54, 1.807) is 0 Å². The Kier molecular flexibility index (Phi) is 16.4. The summed E-state index contributed by atoms with van der Waals surface area (Å²) in [5.41, 5.74) is 0. The van der Waals surface area contributed by atoms with Gasteiger partial charge in [0.2, 0.25) is 5.91 Å². The van der Waals surface area contributed by atoms with E-state index in [2.05, 4.69) is 12.2 Å². The number of hydrogen-bond donors (Lipinski definition) is 3. The second-order valence-corrected chi connectivity index (χ2v) is 7.68. The number of carboxylic acids is 2. The van der Waals surface area contributed by atoms with E-state index >= 15 is 0 Å². The zero-order chi connectivity index (χ0) is 19.6. The highest BCUT2D eigenvalue weighted by Crippen LogP contribution is 2.12. The van der Waals surface area contributed by atoms with Crippen LogP contribution in [0.3, 0.4) is 0 Å². The van der Waals surface area contributed by atoms with Crippen molar-refractivity contribution in [2.75, 3.05) is 11.5 Å². The molecule has 1 atom stereocenters. The van der Waals surface area contributed by atoms with Gasteiger partial charge in [-0.1, -0.05) is 71.1 Å². The lowest BCUT2D eigenvalue weighted by Gasteiger charge is -2.13. The molecular formula is C19H35NO5S. The molecule has 6 nitrogen and oxygen atoms in total. The van der Waals surface area contributed by atoms with Gasteiger partial charge in [0.05, 0.1) is 5.75 Å². The fourth-order valence-corrected chi connectivity index (χ4v) is 3.41. The Bertz CT molecular complexity index is 403. The molecule has 0 saturated heterocycles. The maximum Gasteiger partial charge on any atom is 0.327 e. The van der Waals surface area contributed by atoms with Gasteiger partial charge in [-0.05, 0) is 6.42 Å². The van der Waals surface area contributed by atoms with Crippen molar-refractivity contribution < 1.29 is 24.6 Å². The Hall–Kier alpha value is -1.24. The summed E-state index contributed by atoms with van der Waals surface area (Å²) in [6.45, 7) is 2.22. The first-order valence-corrected chi connectivity index (χ1v) is 10.9. The van der Waals surface area contributed by atoms with Crippen LogP contribution in [0.25, 0.3) is 0 Å². The van der Waals surface area contributed by atoms with Gasteiger partial charge in [-0.3, -0.25) is 9.59 Å². The van der Waals surface area contributed by atoms with Crippen molar-refractivity contribution in [3.8, 4) is 0 Å². The van der Waals surface area contributed by atoms with E-state index in [0.29, 0.717) is 6.42 Å². The summed E-state index contributed by atoms with van der Waals surface area (Å²) in [4.78, 5) is 33.4. The van der Waals surface area contributed by atoms with Gasteiger partial charge < -0.3 is 15.5 Å². The Balaban J connectivity index is 3.61. The van der Waals surface area contributed by atoms with Crippen molar-refractivity contribution in [2.45, 2.75) is 90.0 Å². The molecule has 0 aliphatic carbocycles. The van der Waals surface area contributed by atoms with Gasteiger partial charge in [-0.25, -0.2) is 4.79 Å². The van der Waals surface area contributed by atoms with Gasteiger partial charge in [-0.15, -0.1) is 11.8 Å². The van der Waals surface area contributed by atoms with Crippen LogP contribution in [0.1, 0.15) is 84.0 Å². The van der Waals surface area contributed by atoms with Crippen LogP contribution in [0.15, 0.2) is 0 Å². The summed E-state index contributed by atoms with van der Waals surface area (Å²) in [6, 6.07) is -1.03. The van der Waals surface area contributed by atoms with Crippen LogP contribution in [-0.2, 0) is 14.4 Å². The lowest BCUT2D eigenvalue weighted by Crippen LogP contribution is -2.42. The first kappa shape index (κ1) is 24.8. The molecule has 0 aromatic rings. The van der Waals surface area contributed by atoms with E-state index in [4.69, 9.17) is 10.2 Å². The van der Waals surface area contributed by atoms with E-state index in [1.165, 1.54) is 51.4 Å². The zero-order valence-electron chi connectivity index (χ0n) is 16.0. The van der Waals surface area contributed by atoms with Crippen LogP contribution >= 0.6 is 11.8 Å². The van der Waals surface area contributed by atoms with Crippen LogP contribution in [-0.4, -0.2) is 45.6 Å². The van der Waals surface area contributed by atoms with Crippen LogP contribution < -0.4 is 5.32 Å². The van der Waals surface area contributed by atoms with Crippen molar-refractivity contribution >= 4 is 29.6 Å². The van der Waals surface area contributed by atoms with Crippen LogP contribution in [0.5, 0.6) is 0 Å². The number of unbranched alkanes of at least 4 members (excludes halogenated alkanes) is 10. The molecular weight excluding hydrogens is 354 g/mol. The quantitative estimate of drug-likeness (QED) is 0.305. The smallest absolute Gasteiger partial charge is 0.327 e. The van der Waals surface area contributed by atoms with E-state index in [-0.39, 0.29) is 17.4 Å². The Morgan fingerprint density at radius 2 is 1.35 bits per heavy atom. The normalized spacial score (nSPS) is 11.9. The second-order valence-electron chi connectivity index (χ2n) is 6.65. The van der Waals surface area contributed by atoms with Gasteiger partial charge in [0.15, 0.2) is 0 Å². The highest BCUT2D eigenvalue weighted by atomic mass is 32.2. The maximum atomic E-state index is 11.8. The number of nitrogens with one attached hydrogen (secondary N) is 1. The Morgan fingerprint density at radius 3 is 1.81 bits per heavy atom. The molecule has 152 valence electrons. The molecule has 0 radical (unpaired) electrons. The minimum absolute atomic E-state index is 0.0611. The number of amides is 1. The van der Waals surface area contributed by atoms with Gasteiger partial charge in [-0.2, -0.15) is 0 Å². The Morgan fingerprint density at radius 1 is 0.846 bits per heavy atom. The first-order valence-electron chi connectivity index (χ1n) is 9.79. The first-order chi connectivity index (χ1) is 12.5. The number of carbonyl (C=O) groups is 3. The van der Waals surface area contributed by atoms with Crippen molar-refractivity contribution in [1.82, 2.24) is 5.32 Å². The molecule has 1 unspecified atom stereocenters. The molecule has 0 aliphatic heterocycles. The third kappa shape index (κ3) is 16.2. The molecule has 0 fully saturated rings. The lowest BCUT2D eigenvalue weighted by molar-refractivity contribution is -0.141. The molecule has 1 amide bonds. The summed E-state index contributed by atoms with van der Waals surface area (Å²) in [5.74, 6) is -2.50. The average Bonchev–Trinajstić information content (AvgIpc) is 2.58. The summed E-state index contributed by atoms with van der Waals surface area (Å²) < 4.78 is 0. The van der Waals surface area contributed by atoms with Gasteiger partial charge in [0.1, 0.15) is 6.04 Å². The predicted molar refractivity (Wildman–Crippen MR) is 106 cm³/mol. The number of aliphatic carboxylic acids is 2. The van der Waals surface area contributed by atoms with Crippen LogP contribution in [0, 0.1) is 0 Å². The highest BCUT2D eigenvalue weighted by Gasteiger charge is 2.20. The monoisotopic (exact) mass is 389 g/mol. The zero-order valence-corrected chi connectivity index (χ0v) is 16.8. The van der Waals surface area contributed by atoms with Crippen LogP contribution in [0.2, 0.25) is 0 Å². The minimum atomic E-state index is -1.13. The molecule has 0 heterocycles. The molecule has 0 saturated carbocycles. The van der Waals surface area contributed by atoms with Crippen molar-refractivity contribution in [3.05, 3.63) is 0 Å². The molecule has 0 aromatic heterocycles. The third-order valence-corrected chi connectivity index (χ3v) is 5.17. The molecule has 26 heavy (non-hydrogen) atoms. The molecule has 7 heteroatoms. The van der Waals surface area contributed by atoms with Crippen LogP contribution in [0.4, 0.5) is 0 Å². The molecule has 0 spiro atoms. The third-order valence-electron chi connectivity index (χ3n) is 4.15. The predicted octanol–water partition coefficient (Wildman–Crippen LogP) is 4.07. The van der Waals surface area contributed by atoms with Crippen molar-refractivity contribution in [1.29, 1.82) is 0 Å². The lowest BCUT2D eigenvalue weighted by atomic mass is 10.1. The summed E-state index contributed by atoms with van der Waals surface area (Å²) in [5, 5.41) is 20.1. The summed E-state index contributed by atoms with van der Waals surface area (Å²) in [6.07, 6.45) is 13.5. The molecule has 0 bridgehead atoms. The van der Waals surface area contributed by atoms with E-state index in [9.17, 15) is 14.4 Å². The average molecular weight is 390 g/mol. The van der Waals surface area contributed by atoms with E-state index < -0.39 is 18.0 Å². The minimum Gasteiger partial charge on any atom is -0.481 e. The van der Waals surface area contributed by atoms with Gasteiger partial charge in [0, 0.05) is 12.2 Å². The molecule has 3 N–H and O–H groups in total. The van der Waals surface area contributed by atoms with Gasteiger partial charge >= 0.3 is 11.9 Å². The maximum absolute atomic E-state index is 11.8.